The van der Waals surface area contributed by atoms with Crippen molar-refractivity contribution < 1.29 is 4.79 Å². The van der Waals surface area contributed by atoms with Crippen molar-refractivity contribution in [1.82, 2.24) is 28.8 Å². The summed E-state index contributed by atoms with van der Waals surface area (Å²) in [5, 5.41) is 4.35. The van der Waals surface area contributed by atoms with Crippen molar-refractivity contribution in [1.29, 1.82) is 0 Å². The number of H-pyrrole nitrogens is 1. The molecule has 1 N–H and O–H groups in total. The number of likely N-dealkylation sites (tertiary alicyclic amines) is 1. The van der Waals surface area contributed by atoms with Crippen molar-refractivity contribution in [3.8, 4) is 0 Å². The number of piperidine rings is 1. The van der Waals surface area contributed by atoms with Crippen LogP contribution in [0.3, 0.4) is 0 Å². The zero-order valence-electron chi connectivity index (χ0n) is 15.8. The molecule has 0 unspecified atom stereocenters. The van der Waals surface area contributed by atoms with E-state index in [1.54, 1.807) is 16.5 Å². The SMILES string of the molecule is CCn1c([C@@H]2CCCN(C(=O)Cc3c[nH]c(=O)n(C)c3=O)C2)nn(C)c1=O. The maximum atomic E-state index is 12.7. The van der Waals surface area contributed by atoms with Crippen molar-refractivity contribution in [2.24, 2.45) is 14.1 Å². The molecule has 0 saturated carbocycles. The Labute approximate surface area is 155 Å². The predicted molar refractivity (Wildman–Crippen MR) is 97.7 cm³/mol. The fraction of sp³-hybridized carbons (Fsp3) is 0.588. The van der Waals surface area contributed by atoms with Gasteiger partial charge in [-0.1, -0.05) is 0 Å². The first-order valence-corrected chi connectivity index (χ1v) is 9.02. The molecular formula is C17H24N6O4. The van der Waals surface area contributed by atoms with E-state index in [4.69, 9.17) is 0 Å². The molecule has 27 heavy (non-hydrogen) atoms. The van der Waals surface area contributed by atoms with E-state index in [2.05, 4.69) is 10.1 Å². The van der Waals surface area contributed by atoms with Crippen LogP contribution >= 0.6 is 0 Å². The molecule has 2 aromatic heterocycles. The van der Waals surface area contributed by atoms with E-state index in [-0.39, 0.29) is 29.5 Å². The Morgan fingerprint density at radius 3 is 2.74 bits per heavy atom. The van der Waals surface area contributed by atoms with Crippen molar-refractivity contribution >= 4 is 5.91 Å². The number of hydrogen-bond acceptors (Lipinski definition) is 5. The van der Waals surface area contributed by atoms with E-state index in [1.165, 1.54) is 17.9 Å². The van der Waals surface area contributed by atoms with Crippen molar-refractivity contribution in [2.45, 2.75) is 38.6 Å². The van der Waals surface area contributed by atoms with Crippen LogP contribution in [0.15, 0.2) is 20.6 Å². The van der Waals surface area contributed by atoms with Crippen LogP contribution in [0.25, 0.3) is 0 Å². The molecule has 1 aliphatic rings. The Morgan fingerprint density at radius 2 is 2.04 bits per heavy atom. The van der Waals surface area contributed by atoms with E-state index in [1.807, 2.05) is 6.92 Å². The molecule has 3 rings (SSSR count). The summed E-state index contributed by atoms with van der Waals surface area (Å²) in [6.45, 7) is 3.48. The van der Waals surface area contributed by atoms with Crippen LogP contribution in [-0.4, -0.2) is 47.8 Å². The van der Waals surface area contributed by atoms with Crippen LogP contribution in [0, 0.1) is 0 Å². The Kier molecular flexibility index (Phi) is 5.15. The number of aryl methyl sites for hydroxylation is 1. The Bertz CT molecular complexity index is 1030. The van der Waals surface area contributed by atoms with Crippen molar-refractivity contribution in [3.63, 3.8) is 0 Å². The van der Waals surface area contributed by atoms with Gasteiger partial charge in [0.15, 0.2) is 0 Å². The van der Waals surface area contributed by atoms with Gasteiger partial charge in [0.05, 0.1) is 6.42 Å². The number of hydrogen-bond donors (Lipinski definition) is 1. The first kappa shape index (κ1) is 18.9. The van der Waals surface area contributed by atoms with Gasteiger partial charge in [-0.05, 0) is 19.8 Å². The second kappa shape index (κ2) is 7.37. The quantitative estimate of drug-likeness (QED) is 0.730. The van der Waals surface area contributed by atoms with Crippen LogP contribution in [0.1, 0.15) is 37.1 Å². The van der Waals surface area contributed by atoms with Gasteiger partial charge in [0.2, 0.25) is 5.91 Å². The third-order valence-corrected chi connectivity index (χ3v) is 5.09. The minimum absolute atomic E-state index is 0.0186. The molecule has 0 aliphatic carbocycles. The van der Waals surface area contributed by atoms with Crippen molar-refractivity contribution in [3.05, 3.63) is 48.9 Å². The highest BCUT2D eigenvalue weighted by Gasteiger charge is 2.29. The van der Waals surface area contributed by atoms with Gasteiger partial charge in [-0.3, -0.25) is 18.7 Å². The molecule has 1 fully saturated rings. The summed E-state index contributed by atoms with van der Waals surface area (Å²) >= 11 is 0. The first-order valence-electron chi connectivity index (χ1n) is 9.02. The molecule has 1 atom stereocenters. The Morgan fingerprint density at radius 1 is 1.30 bits per heavy atom. The van der Waals surface area contributed by atoms with Gasteiger partial charge in [-0.15, -0.1) is 0 Å². The second-order valence-electron chi connectivity index (χ2n) is 6.85. The monoisotopic (exact) mass is 376 g/mol. The number of amides is 1. The number of rotatable bonds is 4. The predicted octanol–water partition coefficient (Wildman–Crippen LogP) is -1.06. The highest BCUT2D eigenvalue weighted by Crippen LogP contribution is 2.25. The zero-order valence-corrected chi connectivity index (χ0v) is 15.8. The maximum absolute atomic E-state index is 12.7. The number of carbonyl (C=O) groups excluding carboxylic acids is 1. The van der Waals surface area contributed by atoms with Gasteiger partial charge in [-0.2, -0.15) is 5.10 Å². The smallest absolute Gasteiger partial charge is 0.342 e. The highest BCUT2D eigenvalue weighted by atomic mass is 16.2. The molecule has 3 heterocycles. The number of nitrogens with zero attached hydrogens (tertiary/aromatic N) is 5. The summed E-state index contributed by atoms with van der Waals surface area (Å²) in [7, 11) is 2.99. The molecule has 1 saturated heterocycles. The third-order valence-electron chi connectivity index (χ3n) is 5.09. The molecule has 0 bridgehead atoms. The summed E-state index contributed by atoms with van der Waals surface area (Å²) < 4.78 is 3.91. The molecule has 0 aromatic carbocycles. The summed E-state index contributed by atoms with van der Waals surface area (Å²) in [6, 6.07) is 0. The Hall–Kier alpha value is -2.91. The summed E-state index contributed by atoms with van der Waals surface area (Å²) in [5.74, 6) is 0.502. The molecule has 0 radical (unpaired) electrons. The van der Waals surface area contributed by atoms with E-state index >= 15 is 0 Å². The van der Waals surface area contributed by atoms with Gasteiger partial charge < -0.3 is 9.88 Å². The standard InChI is InChI=1S/C17H24N6O4/c1-4-23-14(19-21(3)17(23)27)11-6-5-7-22(10-11)13(24)8-12-9-18-16(26)20(2)15(12)25/h9,11H,4-8,10H2,1-3H3,(H,18,26)/t11-/m1/s1. The lowest BCUT2D eigenvalue weighted by atomic mass is 9.96. The van der Waals surface area contributed by atoms with E-state index in [9.17, 15) is 19.2 Å². The summed E-state index contributed by atoms with van der Waals surface area (Å²) in [6.07, 6.45) is 2.88. The van der Waals surface area contributed by atoms with Crippen molar-refractivity contribution in [2.75, 3.05) is 13.1 Å². The lowest BCUT2D eigenvalue weighted by Crippen LogP contribution is -2.42. The Balaban J connectivity index is 1.79. The summed E-state index contributed by atoms with van der Waals surface area (Å²) in [4.78, 5) is 52.6. The van der Waals surface area contributed by atoms with E-state index in [0.29, 0.717) is 25.5 Å². The molecule has 10 heteroatoms. The average molecular weight is 376 g/mol. The van der Waals surface area contributed by atoms with E-state index in [0.717, 1.165) is 17.4 Å². The largest absolute Gasteiger partial charge is 0.345 e. The third kappa shape index (κ3) is 3.51. The molecule has 2 aromatic rings. The second-order valence-corrected chi connectivity index (χ2v) is 6.85. The van der Waals surface area contributed by atoms with Crippen LogP contribution in [0.4, 0.5) is 0 Å². The fourth-order valence-corrected chi connectivity index (χ4v) is 3.55. The molecular weight excluding hydrogens is 352 g/mol. The number of carbonyl (C=O) groups is 1. The van der Waals surface area contributed by atoms with Crippen LogP contribution in [0.5, 0.6) is 0 Å². The molecule has 146 valence electrons. The van der Waals surface area contributed by atoms with Gasteiger partial charge in [-0.25, -0.2) is 14.3 Å². The number of aromatic amines is 1. The van der Waals surface area contributed by atoms with Gasteiger partial charge in [0.25, 0.3) is 5.56 Å². The molecule has 0 spiro atoms. The summed E-state index contributed by atoms with van der Waals surface area (Å²) in [5.41, 5.74) is -0.882. The number of nitrogens with one attached hydrogen (secondary N) is 1. The maximum Gasteiger partial charge on any atom is 0.345 e. The van der Waals surface area contributed by atoms with Gasteiger partial charge in [0.1, 0.15) is 5.82 Å². The first-order chi connectivity index (χ1) is 12.8. The topological polar surface area (TPSA) is 115 Å². The zero-order chi connectivity index (χ0) is 19.7. The minimum atomic E-state index is -0.512. The molecule has 1 amide bonds. The van der Waals surface area contributed by atoms with Crippen LogP contribution < -0.4 is 16.9 Å². The highest BCUT2D eigenvalue weighted by molar-refractivity contribution is 5.78. The van der Waals surface area contributed by atoms with Crippen LogP contribution in [0.2, 0.25) is 0 Å². The fourth-order valence-electron chi connectivity index (χ4n) is 3.55. The van der Waals surface area contributed by atoms with Crippen LogP contribution in [-0.2, 0) is 31.9 Å². The average Bonchev–Trinajstić information content (AvgIpc) is 2.96. The van der Waals surface area contributed by atoms with Gasteiger partial charge in [0, 0.05) is 51.4 Å². The lowest BCUT2D eigenvalue weighted by Gasteiger charge is -2.32. The molecule has 10 nitrogen and oxygen atoms in total. The number of aromatic nitrogens is 5. The minimum Gasteiger partial charge on any atom is -0.342 e. The normalized spacial score (nSPS) is 17.3. The molecule has 1 aliphatic heterocycles. The van der Waals surface area contributed by atoms with Gasteiger partial charge >= 0.3 is 11.4 Å². The van der Waals surface area contributed by atoms with E-state index < -0.39 is 11.2 Å². The lowest BCUT2D eigenvalue weighted by molar-refractivity contribution is -0.131.